The van der Waals surface area contributed by atoms with Crippen LogP contribution in [-0.4, -0.2) is 5.91 Å². The van der Waals surface area contributed by atoms with Crippen molar-refractivity contribution in [2.75, 3.05) is 0 Å². The summed E-state index contributed by atoms with van der Waals surface area (Å²) in [6, 6.07) is 0. The Morgan fingerprint density at radius 2 is 2.44 bits per heavy atom. The molecule has 0 N–H and O–H groups in total. The summed E-state index contributed by atoms with van der Waals surface area (Å²) in [7, 11) is 0. The van der Waals surface area contributed by atoms with E-state index in [0.29, 0.717) is 0 Å². The van der Waals surface area contributed by atoms with Crippen LogP contribution in [-0.2, 0) is 4.79 Å². The van der Waals surface area contributed by atoms with Crippen molar-refractivity contribution >= 4 is 5.91 Å². The number of rotatable bonds is 2. The van der Waals surface area contributed by atoms with E-state index in [-0.39, 0.29) is 5.91 Å². The second-order valence-corrected chi connectivity index (χ2v) is 1.92. The molecular weight excluding hydrogens is 116 g/mol. The standard InChI is InChI=1S/C6H8N2O/c1-2-3-5-4-7-8-6(5)9/h4H,2-3H2,1H3. The Balaban J connectivity index is 2.54. The highest BCUT2D eigenvalue weighted by Gasteiger charge is 2.10. The minimum Gasteiger partial charge on any atom is -0.265 e. The molecule has 0 aromatic heterocycles. The second-order valence-electron chi connectivity index (χ2n) is 1.92. The van der Waals surface area contributed by atoms with Gasteiger partial charge < -0.3 is 0 Å². The van der Waals surface area contributed by atoms with Gasteiger partial charge in [0.05, 0.1) is 6.20 Å². The molecule has 0 saturated heterocycles. The molecule has 48 valence electrons. The smallest absolute Gasteiger partial charge is 0.265 e. The molecule has 0 aromatic rings. The fourth-order valence-electron chi connectivity index (χ4n) is 0.711. The Bertz CT molecular complexity index is 181. The molecule has 1 amide bonds. The third-order valence-electron chi connectivity index (χ3n) is 1.16. The molecule has 0 aliphatic carbocycles. The zero-order valence-corrected chi connectivity index (χ0v) is 5.29. The van der Waals surface area contributed by atoms with Crippen LogP contribution < -0.4 is 0 Å². The van der Waals surface area contributed by atoms with Gasteiger partial charge in [0.15, 0.2) is 0 Å². The fourth-order valence-corrected chi connectivity index (χ4v) is 0.711. The summed E-state index contributed by atoms with van der Waals surface area (Å²) in [5.74, 6) is -0.170. The molecule has 0 fully saturated rings. The number of carbonyl (C=O) groups is 1. The lowest BCUT2D eigenvalue weighted by Crippen LogP contribution is -1.92. The summed E-state index contributed by atoms with van der Waals surface area (Å²) in [5.41, 5.74) is 0.734. The van der Waals surface area contributed by atoms with E-state index < -0.39 is 0 Å². The predicted octanol–water partition coefficient (Wildman–Crippen LogP) is 1.66. The van der Waals surface area contributed by atoms with Crippen molar-refractivity contribution in [1.82, 2.24) is 0 Å². The number of nitrogens with zero attached hydrogens (tertiary/aromatic N) is 2. The van der Waals surface area contributed by atoms with E-state index in [1.807, 2.05) is 6.92 Å². The molecule has 9 heavy (non-hydrogen) atoms. The average Bonchev–Trinajstić information content (AvgIpc) is 2.18. The minimum absolute atomic E-state index is 0.170. The highest BCUT2D eigenvalue weighted by molar-refractivity contribution is 5.95. The van der Waals surface area contributed by atoms with Crippen molar-refractivity contribution in [3.8, 4) is 0 Å². The molecule has 1 aliphatic heterocycles. The summed E-state index contributed by atoms with van der Waals surface area (Å²) in [6.45, 7) is 2.02. The number of hydrogen-bond donors (Lipinski definition) is 0. The van der Waals surface area contributed by atoms with Gasteiger partial charge in [-0.25, -0.2) is 0 Å². The molecule has 1 heterocycles. The van der Waals surface area contributed by atoms with Crippen LogP contribution in [0, 0.1) is 0 Å². The van der Waals surface area contributed by atoms with Gasteiger partial charge in [-0.3, -0.25) is 4.79 Å². The van der Waals surface area contributed by atoms with Crippen molar-refractivity contribution < 1.29 is 4.79 Å². The van der Waals surface area contributed by atoms with E-state index >= 15 is 0 Å². The Hall–Kier alpha value is -0.990. The van der Waals surface area contributed by atoms with Gasteiger partial charge in [-0.15, -0.1) is 5.11 Å². The zero-order chi connectivity index (χ0) is 6.69. The second kappa shape index (κ2) is 2.53. The predicted molar refractivity (Wildman–Crippen MR) is 32.9 cm³/mol. The van der Waals surface area contributed by atoms with Gasteiger partial charge in [0.2, 0.25) is 0 Å². The molecule has 0 unspecified atom stereocenters. The highest BCUT2D eigenvalue weighted by Crippen LogP contribution is 2.12. The molecule has 0 bridgehead atoms. The van der Waals surface area contributed by atoms with Crippen molar-refractivity contribution in [3.05, 3.63) is 11.8 Å². The Morgan fingerprint density at radius 3 is 2.89 bits per heavy atom. The van der Waals surface area contributed by atoms with Crippen LogP contribution in [0.4, 0.5) is 0 Å². The van der Waals surface area contributed by atoms with E-state index in [4.69, 9.17) is 0 Å². The van der Waals surface area contributed by atoms with Crippen LogP contribution in [0.15, 0.2) is 22.0 Å². The molecule has 1 rings (SSSR count). The van der Waals surface area contributed by atoms with Gasteiger partial charge in [0.25, 0.3) is 5.91 Å². The summed E-state index contributed by atoms with van der Waals surface area (Å²) in [4.78, 5) is 10.6. The number of azo groups is 1. The SMILES string of the molecule is CCCC1=CN=NC1=O. The Kier molecular flexibility index (Phi) is 1.72. The van der Waals surface area contributed by atoms with Gasteiger partial charge >= 0.3 is 0 Å². The van der Waals surface area contributed by atoms with Crippen molar-refractivity contribution in [1.29, 1.82) is 0 Å². The Labute approximate surface area is 53.5 Å². The molecule has 0 spiro atoms. The highest BCUT2D eigenvalue weighted by atomic mass is 16.2. The lowest BCUT2D eigenvalue weighted by Gasteiger charge is -1.89. The lowest BCUT2D eigenvalue weighted by molar-refractivity contribution is -0.114. The van der Waals surface area contributed by atoms with Gasteiger partial charge in [0.1, 0.15) is 0 Å². The van der Waals surface area contributed by atoms with Crippen LogP contribution >= 0.6 is 0 Å². The number of carbonyl (C=O) groups excluding carboxylic acids is 1. The van der Waals surface area contributed by atoms with Gasteiger partial charge in [-0.1, -0.05) is 13.3 Å². The number of amides is 1. The van der Waals surface area contributed by atoms with Crippen LogP contribution in [0.2, 0.25) is 0 Å². The van der Waals surface area contributed by atoms with Gasteiger partial charge in [-0.05, 0) is 6.42 Å². The van der Waals surface area contributed by atoms with E-state index in [1.165, 1.54) is 6.20 Å². The Morgan fingerprint density at radius 1 is 1.67 bits per heavy atom. The maximum absolute atomic E-state index is 10.6. The quantitative estimate of drug-likeness (QED) is 0.552. The summed E-state index contributed by atoms with van der Waals surface area (Å²) < 4.78 is 0. The summed E-state index contributed by atoms with van der Waals surface area (Å²) >= 11 is 0. The van der Waals surface area contributed by atoms with E-state index in [0.717, 1.165) is 18.4 Å². The van der Waals surface area contributed by atoms with Gasteiger partial charge in [-0.2, -0.15) is 5.11 Å². The minimum atomic E-state index is -0.170. The van der Waals surface area contributed by atoms with Crippen molar-refractivity contribution in [2.45, 2.75) is 19.8 Å². The van der Waals surface area contributed by atoms with Crippen molar-refractivity contribution in [3.63, 3.8) is 0 Å². The molecule has 0 saturated carbocycles. The third-order valence-corrected chi connectivity index (χ3v) is 1.16. The average molecular weight is 124 g/mol. The third kappa shape index (κ3) is 1.22. The summed E-state index contributed by atoms with van der Waals surface area (Å²) in [6.07, 6.45) is 3.31. The number of hydrogen-bond acceptors (Lipinski definition) is 2. The van der Waals surface area contributed by atoms with E-state index in [9.17, 15) is 4.79 Å². The zero-order valence-electron chi connectivity index (χ0n) is 5.29. The van der Waals surface area contributed by atoms with Crippen LogP contribution in [0.3, 0.4) is 0 Å². The maximum atomic E-state index is 10.6. The normalized spacial score (nSPS) is 16.6. The van der Waals surface area contributed by atoms with Crippen LogP contribution in [0.5, 0.6) is 0 Å². The summed E-state index contributed by atoms with van der Waals surface area (Å²) in [5, 5.41) is 6.81. The largest absolute Gasteiger partial charge is 0.292 e. The van der Waals surface area contributed by atoms with E-state index in [1.54, 1.807) is 0 Å². The molecular formula is C6H8N2O. The first-order valence-electron chi connectivity index (χ1n) is 2.99. The lowest BCUT2D eigenvalue weighted by atomic mass is 10.2. The first-order chi connectivity index (χ1) is 4.34. The first-order valence-corrected chi connectivity index (χ1v) is 2.99. The molecule has 0 aromatic carbocycles. The van der Waals surface area contributed by atoms with Crippen LogP contribution in [0.25, 0.3) is 0 Å². The topological polar surface area (TPSA) is 41.8 Å². The molecule has 1 aliphatic rings. The molecule has 3 nitrogen and oxygen atoms in total. The molecule has 0 atom stereocenters. The maximum Gasteiger partial charge on any atom is 0.292 e. The fraction of sp³-hybridized carbons (Fsp3) is 0.500. The van der Waals surface area contributed by atoms with Crippen LogP contribution in [0.1, 0.15) is 19.8 Å². The van der Waals surface area contributed by atoms with Gasteiger partial charge in [0, 0.05) is 5.57 Å². The monoisotopic (exact) mass is 124 g/mol. The van der Waals surface area contributed by atoms with Crippen molar-refractivity contribution in [2.24, 2.45) is 10.2 Å². The molecule has 3 heteroatoms. The van der Waals surface area contributed by atoms with E-state index in [2.05, 4.69) is 10.2 Å². The first kappa shape index (κ1) is 6.13. The molecule has 0 radical (unpaired) electrons.